The SMILES string of the molecule is Cc1ccc2cc3c(cc2c1)sc1ccccc13.O=S(=O)(Oc1ccc2cc3c(cc2c1)sc1ccccc13)C(F)(F)F. The number of hydrogen-bond acceptors (Lipinski definition) is 5. The number of aryl methyl sites for hydroxylation is 1. The van der Waals surface area contributed by atoms with Crippen molar-refractivity contribution >= 4 is 94.7 Å². The van der Waals surface area contributed by atoms with Crippen LogP contribution < -0.4 is 4.18 Å². The van der Waals surface area contributed by atoms with Crippen molar-refractivity contribution in [2.75, 3.05) is 0 Å². The van der Waals surface area contributed by atoms with Gasteiger partial charge >= 0.3 is 15.6 Å². The molecule has 9 heteroatoms. The molecule has 6 aromatic carbocycles. The van der Waals surface area contributed by atoms with E-state index in [2.05, 4.69) is 65.7 Å². The van der Waals surface area contributed by atoms with E-state index in [9.17, 15) is 21.6 Å². The molecule has 0 N–H and O–H groups in total. The number of rotatable bonds is 2. The van der Waals surface area contributed by atoms with E-state index in [4.69, 9.17) is 0 Å². The number of alkyl halides is 3. The second-order valence-corrected chi connectivity index (χ2v) is 13.9. The molecule has 2 heterocycles. The first-order valence-electron chi connectivity index (χ1n) is 13.2. The van der Waals surface area contributed by atoms with E-state index in [1.807, 2.05) is 47.7 Å². The molecule has 2 aromatic heterocycles. The van der Waals surface area contributed by atoms with Crippen molar-refractivity contribution < 1.29 is 25.8 Å². The second kappa shape index (κ2) is 10.2. The first kappa shape index (κ1) is 27.6. The van der Waals surface area contributed by atoms with Crippen LogP contribution in [0.5, 0.6) is 5.75 Å². The zero-order valence-electron chi connectivity index (χ0n) is 22.5. The molecular weight excluding hydrogens is 610 g/mol. The van der Waals surface area contributed by atoms with Crippen LogP contribution in [-0.2, 0) is 10.1 Å². The summed E-state index contributed by atoms with van der Waals surface area (Å²) in [6.07, 6.45) is 0. The maximum absolute atomic E-state index is 12.4. The van der Waals surface area contributed by atoms with Crippen molar-refractivity contribution in [3.8, 4) is 5.75 Å². The van der Waals surface area contributed by atoms with E-state index >= 15 is 0 Å². The van der Waals surface area contributed by atoms with Crippen molar-refractivity contribution in [1.29, 1.82) is 0 Å². The van der Waals surface area contributed by atoms with Gasteiger partial charge in [0, 0.05) is 40.3 Å². The first-order chi connectivity index (χ1) is 20.6. The van der Waals surface area contributed by atoms with E-state index in [0.717, 1.165) is 25.6 Å². The molecular formula is C34H21F3O3S3. The molecule has 0 amide bonds. The Morgan fingerprint density at radius 3 is 1.63 bits per heavy atom. The number of halogens is 3. The zero-order valence-corrected chi connectivity index (χ0v) is 24.9. The zero-order chi connectivity index (χ0) is 29.9. The van der Waals surface area contributed by atoms with Crippen molar-refractivity contribution in [3.63, 3.8) is 0 Å². The molecule has 0 aliphatic heterocycles. The van der Waals surface area contributed by atoms with Gasteiger partial charge in [-0.05, 0) is 77.0 Å². The lowest BCUT2D eigenvalue weighted by Crippen LogP contribution is -2.28. The molecule has 0 aliphatic carbocycles. The number of fused-ring (bicyclic) bond motifs is 8. The van der Waals surface area contributed by atoms with Gasteiger partial charge in [0.25, 0.3) is 0 Å². The van der Waals surface area contributed by atoms with Crippen LogP contribution >= 0.6 is 22.7 Å². The number of hydrogen-bond donors (Lipinski definition) is 0. The molecule has 0 atom stereocenters. The van der Waals surface area contributed by atoms with Crippen LogP contribution in [0.3, 0.4) is 0 Å². The molecule has 0 saturated heterocycles. The van der Waals surface area contributed by atoms with E-state index < -0.39 is 15.6 Å². The molecule has 8 aromatic rings. The standard InChI is InChI=1S/C17H9F3O3S2.C17H12S/c18-17(19,20)25(21,22)23-12-6-5-10-8-14-13-3-1-2-4-15(13)24-16(14)9-11(10)7-12;1-11-6-7-12-9-15-14-4-2-3-5-16(14)18-17(15)10-13(12)8-11/h1-9H;2-10H,1H3. The summed E-state index contributed by atoms with van der Waals surface area (Å²) < 4.78 is 68.6. The maximum Gasteiger partial charge on any atom is 0.534 e. The van der Waals surface area contributed by atoms with Crippen LogP contribution in [0.15, 0.2) is 109 Å². The summed E-state index contributed by atoms with van der Waals surface area (Å²) in [6.45, 7) is 2.15. The summed E-state index contributed by atoms with van der Waals surface area (Å²) in [7, 11) is -5.68. The first-order valence-corrected chi connectivity index (χ1v) is 16.3. The van der Waals surface area contributed by atoms with Gasteiger partial charge < -0.3 is 4.18 Å². The van der Waals surface area contributed by atoms with Crippen LogP contribution in [0.4, 0.5) is 13.2 Å². The Kier molecular flexibility index (Phi) is 6.57. The minimum atomic E-state index is -5.68. The Morgan fingerprint density at radius 1 is 0.558 bits per heavy atom. The van der Waals surface area contributed by atoms with Crippen LogP contribution in [-0.4, -0.2) is 13.9 Å². The highest BCUT2D eigenvalue weighted by atomic mass is 32.2. The van der Waals surface area contributed by atoms with E-state index in [1.165, 1.54) is 48.6 Å². The van der Waals surface area contributed by atoms with Crippen LogP contribution in [0.2, 0.25) is 0 Å². The second-order valence-electron chi connectivity index (χ2n) is 10.2. The molecule has 0 saturated carbocycles. The highest BCUT2D eigenvalue weighted by Gasteiger charge is 2.48. The predicted molar refractivity (Wildman–Crippen MR) is 174 cm³/mol. The quantitative estimate of drug-likeness (QED) is 0.141. The molecule has 214 valence electrons. The highest BCUT2D eigenvalue weighted by molar-refractivity contribution is 7.88. The lowest BCUT2D eigenvalue weighted by Gasteiger charge is -2.10. The molecule has 0 radical (unpaired) electrons. The van der Waals surface area contributed by atoms with Crippen LogP contribution in [0, 0.1) is 6.92 Å². The van der Waals surface area contributed by atoms with Gasteiger partial charge in [-0.3, -0.25) is 0 Å². The third-order valence-corrected chi connectivity index (χ3v) is 10.5. The molecule has 0 aliphatic rings. The summed E-state index contributed by atoms with van der Waals surface area (Å²) >= 11 is 3.44. The van der Waals surface area contributed by atoms with Crippen LogP contribution in [0.25, 0.3) is 61.9 Å². The predicted octanol–water partition coefficient (Wildman–Crippen LogP) is 11.0. The molecule has 0 bridgehead atoms. The fourth-order valence-corrected chi connectivity index (χ4v) is 7.98. The van der Waals surface area contributed by atoms with Crippen molar-refractivity contribution in [3.05, 3.63) is 115 Å². The van der Waals surface area contributed by atoms with Gasteiger partial charge in [0.15, 0.2) is 0 Å². The Balaban J connectivity index is 0.000000147. The van der Waals surface area contributed by atoms with E-state index in [-0.39, 0.29) is 5.75 Å². The average Bonchev–Trinajstić information content (AvgIpc) is 3.51. The average molecular weight is 631 g/mol. The fraction of sp³-hybridized carbons (Fsp3) is 0.0588. The van der Waals surface area contributed by atoms with Gasteiger partial charge in [0.05, 0.1) is 0 Å². The fourth-order valence-electron chi connectivity index (χ4n) is 5.26. The smallest absolute Gasteiger partial charge is 0.376 e. The Labute approximate surface area is 252 Å². The third kappa shape index (κ3) is 5.07. The summed E-state index contributed by atoms with van der Waals surface area (Å²) in [4.78, 5) is 0. The van der Waals surface area contributed by atoms with Gasteiger partial charge in [0.1, 0.15) is 5.75 Å². The lowest BCUT2D eigenvalue weighted by molar-refractivity contribution is -0.0500. The number of thiophene rings is 2. The summed E-state index contributed by atoms with van der Waals surface area (Å²) in [5, 5.41) is 8.97. The van der Waals surface area contributed by atoms with Gasteiger partial charge in [-0.2, -0.15) is 21.6 Å². The molecule has 0 unspecified atom stereocenters. The van der Waals surface area contributed by atoms with Crippen molar-refractivity contribution in [1.82, 2.24) is 0 Å². The topological polar surface area (TPSA) is 43.4 Å². The summed E-state index contributed by atoms with van der Waals surface area (Å²) in [6, 6.07) is 35.7. The molecule has 43 heavy (non-hydrogen) atoms. The van der Waals surface area contributed by atoms with Gasteiger partial charge in [-0.15, -0.1) is 22.7 Å². The summed E-state index contributed by atoms with van der Waals surface area (Å²) in [5.41, 5.74) is -4.14. The van der Waals surface area contributed by atoms with Gasteiger partial charge in [-0.1, -0.05) is 66.2 Å². The van der Waals surface area contributed by atoms with Crippen molar-refractivity contribution in [2.24, 2.45) is 0 Å². The normalized spacial score (nSPS) is 12.4. The van der Waals surface area contributed by atoms with Gasteiger partial charge in [-0.25, -0.2) is 0 Å². The Bertz CT molecular complexity index is 2460. The summed E-state index contributed by atoms with van der Waals surface area (Å²) in [5.74, 6) is -0.370. The molecule has 8 rings (SSSR count). The maximum atomic E-state index is 12.4. The largest absolute Gasteiger partial charge is 0.534 e. The van der Waals surface area contributed by atoms with Gasteiger partial charge in [0.2, 0.25) is 0 Å². The van der Waals surface area contributed by atoms with Crippen molar-refractivity contribution in [2.45, 2.75) is 12.4 Å². The minimum Gasteiger partial charge on any atom is -0.376 e. The minimum absolute atomic E-state index is 0.370. The van der Waals surface area contributed by atoms with Crippen LogP contribution in [0.1, 0.15) is 5.56 Å². The monoisotopic (exact) mass is 630 g/mol. The highest BCUT2D eigenvalue weighted by Crippen LogP contribution is 2.38. The Hall–Kier alpha value is -4.18. The van der Waals surface area contributed by atoms with E-state index in [0.29, 0.717) is 5.39 Å². The molecule has 3 nitrogen and oxygen atoms in total. The van der Waals surface area contributed by atoms with E-state index in [1.54, 1.807) is 17.4 Å². The lowest BCUT2D eigenvalue weighted by atomic mass is 10.0. The molecule has 0 fully saturated rings. The Morgan fingerprint density at radius 2 is 1.07 bits per heavy atom. The third-order valence-electron chi connectivity index (χ3n) is 7.29. The molecule has 0 spiro atoms. The number of benzene rings is 6.